The predicted molar refractivity (Wildman–Crippen MR) is 62.8 cm³/mol. The molecule has 0 aliphatic carbocycles. The van der Waals surface area contributed by atoms with Crippen LogP contribution >= 0.6 is 0 Å². The van der Waals surface area contributed by atoms with E-state index < -0.39 is 12.2 Å². The molecule has 1 aromatic rings. The van der Waals surface area contributed by atoms with E-state index in [0.29, 0.717) is 17.2 Å². The van der Waals surface area contributed by atoms with E-state index in [2.05, 4.69) is 0 Å². The van der Waals surface area contributed by atoms with E-state index in [9.17, 15) is 4.79 Å². The van der Waals surface area contributed by atoms with Gasteiger partial charge in [0.25, 0.3) is 0 Å². The lowest BCUT2D eigenvalue weighted by molar-refractivity contribution is 0.162. The van der Waals surface area contributed by atoms with E-state index in [-0.39, 0.29) is 6.54 Å². The Morgan fingerprint density at radius 1 is 1.44 bits per heavy atom. The van der Waals surface area contributed by atoms with Gasteiger partial charge in [-0.05, 0) is 12.1 Å². The van der Waals surface area contributed by atoms with Gasteiger partial charge in [-0.3, -0.25) is 4.90 Å². The molecule has 0 saturated carbocycles. The van der Waals surface area contributed by atoms with E-state index in [1.165, 1.54) is 12.0 Å². The van der Waals surface area contributed by atoms with Gasteiger partial charge in [0.1, 0.15) is 17.6 Å². The number of anilines is 1. The molecule has 18 heavy (non-hydrogen) atoms. The predicted octanol–water partition coefficient (Wildman–Crippen LogP) is 1.55. The zero-order valence-electron chi connectivity index (χ0n) is 10.0. The van der Waals surface area contributed by atoms with Crippen molar-refractivity contribution in [3.05, 3.63) is 18.2 Å². The molecule has 0 spiro atoms. The molecule has 1 atom stereocenters. The van der Waals surface area contributed by atoms with Gasteiger partial charge in [0, 0.05) is 6.07 Å². The van der Waals surface area contributed by atoms with Crippen LogP contribution in [-0.2, 0) is 4.74 Å². The van der Waals surface area contributed by atoms with Gasteiger partial charge >= 0.3 is 6.09 Å². The first kappa shape index (κ1) is 12.0. The van der Waals surface area contributed by atoms with Crippen molar-refractivity contribution in [1.29, 1.82) is 5.26 Å². The van der Waals surface area contributed by atoms with Gasteiger partial charge in [-0.2, -0.15) is 5.26 Å². The second-order valence-corrected chi connectivity index (χ2v) is 3.65. The Bertz CT molecular complexity index is 509. The first-order valence-electron chi connectivity index (χ1n) is 5.29. The average molecular weight is 248 g/mol. The topological polar surface area (TPSA) is 71.8 Å². The highest BCUT2D eigenvalue weighted by molar-refractivity contribution is 5.92. The molecule has 1 aromatic carbocycles. The van der Waals surface area contributed by atoms with Crippen molar-refractivity contribution >= 4 is 11.8 Å². The highest BCUT2D eigenvalue weighted by Crippen LogP contribution is 2.34. The molecule has 1 amide bonds. The van der Waals surface area contributed by atoms with E-state index in [0.717, 1.165) is 0 Å². The summed E-state index contributed by atoms with van der Waals surface area (Å²) >= 11 is 0. The van der Waals surface area contributed by atoms with Crippen LogP contribution in [0.25, 0.3) is 0 Å². The van der Waals surface area contributed by atoms with Crippen LogP contribution in [0.2, 0.25) is 0 Å². The standard InChI is InChI=1S/C12H12N2O4/c1-16-8-3-4-10(11(5-8)17-2)14-7-9(6-13)18-12(14)15/h3-5,9H,7H2,1-2H3. The van der Waals surface area contributed by atoms with E-state index in [1.807, 2.05) is 6.07 Å². The van der Waals surface area contributed by atoms with Crippen LogP contribution < -0.4 is 14.4 Å². The summed E-state index contributed by atoms with van der Waals surface area (Å²) in [4.78, 5) is 13.0. The van der Waals surface area contributed by atoms with E-state index in [4.69, 9.17) is 19.5 Å². The van der Waals surface area contributed by atoms with Crippen molar-refractivity contribution in [2.75, 3.05) is 25.7 Å². The molecule has 1 heterocycles. The molecule has 2 rings (SSSR count). The van der Waals surface area contributed by atoms with Crippen LogP contribution in [0.15, 0.2) is 18.2 Å². The Morgan fingerprint density at radius 2 is 2.22 bits per heavy atom. The minimum atomic E-state index is -0.746. The second-order valence-electron chi connectivity index (χ2n) is 3.65. The number of amides is 1. The van der Waals surface area contributed by atoms with Gasteiger partial charge in [0.2, 0.25) is 6.10 Å². The van der Waals surface area contributed by atoms with Crippen LogP contribution in [0.3, 0.4) is 0 Å². The molecular weight excluding hydrogens is 236 g/mol. The lowest BCUT2D eigenvalue weighted by atomic mass is 10.2. The molecule has 1 aliphatic rings. The van der Waals surface area contributed by atoms with Crippen molar-refractivity contribution in [2.45, 2.75) is 6.10 Å². The number of carbonyl (C=O) groups excluding carboxylic acids is 1. The minimum Gasteiger partial charge on any atom is -0.497 e. The third kappa shape index (κ3) is 2.02. The van der Waals surface area contributed by atoms with Crippen LogP contribution in [0.5, 0.6) is 11.5 Å². The van der Waals surface area contributed by atoms with Crippen LogP contribution in [-0.4, -0.2) is 33.0 Å². The smallest absolute Gasteiger partial charge is 0.415 e. The zero-order valence-corrected chi connectivity index (χ0v) is 10.0. The third-order valence-corrected chi connectivity index (χ3v) is 2.63. The lowest BCUT2D eigenvalue weighted by Crippen LogP contribution is -2.24. The first-order valence-corrected chi connectivity index (χ1v) is 5.29. The molecule has 6 nitrogen and oxygen atoms in total. The quantitative estimate of drug-likeness (QED) is 0.811. The first-order chi connectivity index (χ1) is 8.69. The van der Waals surface area contributed by atoms with Gasteiger partial charge in [-0.25, -0.2) is 4.79 Å². The van der Waals surface area contributed by atoms with Crippen molar-refractivity contribution in [1.82, 2.24) is 0 Å². The summed E-state index contributed by atoms with van der Waals surface area (Å²) in [6, 6.07) is 6.98. The van der Waals surface area contributed by atoms with Gasteiger partial charge in [0.05, 0.1) is 26.5 Å². The lowest BCUT2D eigenvalue weighted by Gasteiger charge is -2.16. The number of ether oxygens (including phenoxy) is 3. The normalized spacial score (nSPS) is 18.2. The van der Waals surface area contributed by atoms with Gasteiger partial charge < -0.3 is 14.2 Å². The molecule has 1 fully saturated rings. The number of cyclic esters (lactones) is 1. The van der Waals surface area contributed by atoms with Crippen molar-refractivity contribution in [2.24, 2.45) is 0 Å². The number of benzene rings is 1. The number of methoxy groups -OCH3 is 2. The molecule has 0 bridgehead atoms. The molecule has 0 radical (unpaired) electrons. The zero-order chi connectivity index (χ0) is 13.1. The second kappa shape index (κ2) is 4.84. The fraction of sp³-hybridized carbons (Fsp3) is 0.333. The third-order valence-electron chi connectivity index (χ3n) is 2.63. The number of nitrogens with zero attached hydrogens (tertiary/aromatic N) is 2. The van der Waals surface area contributed by atoms with Crippen LogP contribution in [0.4, 0.5) is 10.5 Å². The van der Waals surface area contributed by atoms with Crippen molar-refractivity contribution in [3.63, 3.8) is 0 Å². The maximum atomic E-state index is 11.6. The van der Waals surface area contributed by atoms with Crippen LogP contribution in [0, 0.1) is 11.3 Å². The Kier molecular flexibility index (Phi) is 3.24. The molecule has 1 saturated heterocycles. The Hall–Kier alpha value is -2.42. The van der Waals surface area contributed by atoms with Gasteiger partial charge in [0.15, 0.2) is 0 Å². The number of rotatable bonds is 3. The Labute approximate surface area is 104 Å². The maximum absolute atomic E-state index is 11.6. The fourth-order valence-electron chi connectivity index (χ4n) is 1.73. The Balaban J connectivity index is 2.34. The van der Waals surface area contributed by atoms with E-state index in [1.54, 1.807) is 25.3 Å². The minimum absolute atomic E-state index is 0.192. The molecule has 94 valence electrons. The summed E-state index contributed by atoms with van der Waals surface area (Å²) in [7, 11) is 3.05. The van der Waals surface area contributed by atoms with Gasteiger partial charge in [-0.15, -0.1) is 0 Å². The highest BCUT2D eigenvalue weighted by Gasteiger charge is 2.33. The molecule has 1 unspecified atom stereocenters. The van der Waals surface area contributed by atoms with E-state index >= 15 is 0 Å². The summed E-state index contributed by atoms with van der Waals surface area (Å²) in [5.41, 5.74) is 0.557. The van der Waals surface area contributed by atoms with Crippen molar-refractivity contribution < 1.29 is 19.0 Å². The number of hydrogen-bond acceptors (Lipinski definition) is 5. The fourth-order valence-corrected chi connectivity index (χ4v) is 1.73. The number of carbonyl (C=O) groups is 1. The molecule has 0 aromatic heterocycles. The largest absolute Gasteiger partial charge is 0.497 e. The highest BCUT2D eigenvalue weighted by atomic mass is 16.6. The molecule has 1 aliphatic heterocycles. The summed E-state index contributed by atoms with van der Waals surface area (Å²) in [6.45, 7) is 0.192. The SMILES string of the molecule is COc1ccc(N2CC(C#N)OC2=O)c(OC)c1. The summed E-state index contributed by atoms with van der Waals surface area (Å²) in [6.07, 6.45) is -1.30. The van der Waals surface area contributed by atoms with Crippen LogP contribution in [0.1, 0.15) is 0 Å². The average Bonchev–Trinajstić information content (AvgIpc) is 2.79. The summed E-state index contributed by atoms with van der Waals surface area (Å²) in [5.74, 6) is 1.12. The number of nitriles is 1. The number of hydrogen-bond donors (Lipinski definition) is 0. The van der Waals surface area contributed by atoms with Gasteiger partial charge in [-0.1, -0.05) is 0 Å². The summed E-state index contributed by atoms with van der Waals surface area (Å²) in [5, 5.41) is 8.75. The molecular formula is C12H12N2O4. The van der Waals surface area contributed by atoms with Crippen molar-refractivity contribution in [3.8, 4) is 17.6 Å². The summed E-state index contributed by atoms with van der Waals surface area (Å²) < 4.78 is 15.2. The molecule has 6 heteroatoms. The molecule has 0 N–H and O–H groups in total. The Morgan fingerprint density at radius 3 is 2.78 bits per heavy atom. The maximum Gasteiger partial charge on any atom is 0.415 e. The monoisotopic (exact) mass is 248 g/mol.